The quantitative estimate of drug-likeness (QED) is 0.685. The molecule has 7 heteroatoms. The summed E-state index contributed by atoms with van der Waals surface area (Å²) in [4.78, 5) is 17.4. The van der Waals surface area contributed by atoms with E-state index in [-0.39, 0.29) is 17.9 Å². The molecular weight excluding hydrogens is 434 g/mol. The summed E-state index contributed by atoms with van der Waals surface area (Å²) < 4.78 is 28.5. The molecule has 0 bridgehead atoms. The zero-order chi connectivity index (χ0) is 23.3. The fourth-order valence-corrected chi connectivity index (χ4v) is 6.81. The molecule has 33 heavy (non-hydrogen) atoms. The van der Waals surface area contributed by atoms with Gasteiger partial charge in [0.1, 0.15) is 0 Å². The van der Waals surface area contributed by atoms with Crippen LogP contribution in [0.1, 0.15) is 42.9 Å². The average Bonchev–Trinajstić information content (AvgIpc) is 3.09. The molecule has 2 aliphatic heterocycles. The van der Waals surface area contributed by atoms with E-state index in [1.54, 1.807) is 16.4 Å². The molecule has 5 rings (SSSR count). The molecule has 2 aromatic rings. The van der Waals surface area contributed by atoms with E-state index in [1.165, 1.54) is 16.8 Å². The fraction of sp³-hybridized carbons (Fsp3) is 0.500. The summed E-state index contributed by atoms with van der Waals surface area (Å²) in [5.41, 5.74) is 5.46. The van der Waals surface area contributed by atoms with Crippen molar-refractivity contribution >= 4 is 27.3 Å². The van der Waals surface area contributed by atoms with Crippen molar-refractivity contribution in [2.75, 3.05) is 36.0 Å². The first-order valence-corrected chi connectivity index (χ1v) is 13.5. The lowest BCUT2D eigenvalue weighted by Crippen LogP contribution is -2.48. The number of rotatable bonds is 4. The molecule has 6 nitrogen and oxygen atoms in total. The lowest BCUT2D eigenvalue weighted by atomic mass is 9.84. The van der Waals surface area contributed by atoms with Crippen molar-refractivity contribution in [2.45, 2.75) is 57.4 Å². The maximum Gasteiger partial charge on any atom is 0.243 e. The van der Waals surface area contributed by atoms with Gasteiger partial charge in [0.05, 0.1) is 4.90 Å². The van der Waals surface area contributed by atoms with Gasteiger partial charge in [-0.25, -0.2) is 8.42 Å². The second-order valence-corrected chi connectivity index (χ2v) is 11.8. The van der Waals surface area contributed by atoms with Gasteiger partial charge in [0.25, 0.3) is 0 Å². The first-order chi connectivity index (χ1) is 15.8. The lowest BCUT2D eigenvalue weighted by Gasteiger charge is -2.36. The van der Waals surface area contributed by atoms with Crippen LogP contribution in [-0.2, 0) is 21.2 Å². The number of aryl methyl sites for hydroxylation is 2. The Labute approximate surface area is 197 Å². The maximum absolute atomic E-state index is 13.4. The first-order valence-electron chi connectivity index (χ1n) is 12.0. The number of hydrogen-bond acceptors (Lipinski definition) is 4. The van der Waals surface area contributed by atoms with Crippen LogP contribution in [0.25, 0.3) is 0 Å². The molecule has 0 radical (unpaired) electrons. The third-order valence-electron chi connectivity index (χ3n) is 7.54. The average molecular weight is 468 g/mol. The van der Waals surface area contributed by atoms with Crippen molar-refractivity contribution < 1.29 is 13.2 Å². The van der Waals surface area contributed by atoms with E-state index in [0.717, 1.165) is 30.5 Å². The van der Waals surface area contributed by atoms with Crippen molar-refractivity contribution in [2.24, 2.45) is 5.92 Å². The van der Waals surface area contributed by atoms with Gasteiger partial charge >= 0.3 is 0 Å². The standard InChI is InChI=1S/C26H33N3O3S/c1-18-7-8-19(2)25(15-18)27-11-13-28(14-12-27)33(31,32)23-9-10-24-22(17-23)16-20(3)29(24)26(30)21-5-4-6-21/h7-10,15,17,20-21H,4-6,11-14,16H2,1-3H3/t20-/m0/s1. The van der Waals surface area contributed by atoms with Crippen molar-refractivity contribution in [3.8, 4) is 0 Å². The van der Waals surface area contributed by atoms with Crippen LogP contribution < -0.4 is 9.80 Å². The van der Waals surface area contributed by atoms with Gasteiger partial charge in [0, 0.05) is 49.5 Å². The minimum absolute atomic E-state index is 0.0761. The van der Waals surface area contributed by atoms with Gasteiger partial charge in [-0.05, 0) is 81.0 Å². The van der Waals surface area contributed by atoms with Crippen LogP contribution in [0.2, 0.25) is 0 Å². The molecule has 0 unspecified atom stereocenters. The Bertz CT molecular complexity index is 1180. The predicted octanol–water partition coefficient (Wildman–Crippen LogP) is 3.89. The smallest absolute Gasteiger partial charge is 0.243 e. The lowest BCUT2D eigenvalue weighted by molar-refractivity contribution is -0.125. The minimum Gasteiger partial charge on any atom is -0.369 e. The van der Waals surface area contributed by atoms with E-state index in [4.69, 9.17) is 0 Å². The van der Waals surface area contributed by atoms with Crippen LogP contribution in [0.3, 0.4) is 0 Å². The third-order valence-corrected chi connectivity index (χ3v) is 9.43. The molecule has 1 saturated carbocycles. The highest BCUT2D eigenvalue weighted by Gasteiger charge is 2.38. The van der Waals surface area contributed by atoms with E-state index >= 15 is 0 Å². The number of nitrogens with zero attached hydrogens (tertiary/aromatic N) is 3. The molecule has 2 aromatic carbocycles. The van der Waals surface area contributed by atoms with Crippen molar-refractivity contribution in [3.63, 3.8) is 0 Å². The van der Waals surface area contributed by atoms with E-state index in [0.29, 0.717) is 37.5 Å². The van der Waals surface area contributed by atoms with Crippen molar-refractivity contribution in [1.29, 1.82) is 0 Å². The second kappa shape index (κ2) is 8.44. The number of carbonyl (C=O) groups excluding carboxylic acids is 1. The van der Waals surface area contributed by atoms with Gasteiger partial charge in [-0.1, -0.05) is 18.6 Å². The number of amides is 1. The number of hydrogen-bond donors (Lipinski definition) is 0. The number of fused-ring (bicyclic) bond motifs is 1. The SMILES string of the molecule is Cc1ccc(C)c(N2CCN(S(=O)(=O)c3ccc4c(c3)C[C@H](C)N4C(=O)C3CCC3)CC2)c1. The van der Waals surface area contributed by atoms with Gasteiger partial charge in [0.2, 0.25) is 15.9 Å². The summed E-state index contributed by atoms with van der Waals surface area (Å²) in [7, 11) is -3.57. The largest absolute Gasteiger partial charge is 0.369 e. The molecule has 1 saturated heterocycles. The highest BCUT2D eigenvalue weighted by atomic mass is 32.2. The third kappa shape index (κ3) is 3.95. The van der Waals surface area contributed by atoms with Gasteiger partial charge in [0.15, 0.2) is 0 Å². The molecular formula is C26H33N3O3S. The highest BCUT2D eigenvalue weighted by molar-refractivity contribution is 7.89. The Morgan fingerprint density at radius 3 is 2.33 bits per heavy atom. The second-order valence-electron chi connectivity index (χ2n) is 9.86. The minimum atomic E-state index is -3.57. The normalized spacial score (nSPS) is 21.7. The monoisotopic (exact) mass is 467 g/mol. The highest BCUT2D eigenvalue weighted by Crippen LogP contribution is 2.38. The van der Waals surface area contributed by atoms with Crippen LogP contribution in [0.4, 0.5) is 11.4 Å². The summed E-state index contributed by atoms with van der Waals surface area (Å²) in [5, 5.41) is 0. The summed E-state index contributed by atoms with van der Waals surface area (Å²) >= 11 is 0. The van der Waals surface area contributed by atoms with Crippen LogP contribution >= 0.6 is 0 Å². The van der Waals surface area contributed by atoms with Crippen LogP contribution in [0.15, 0.2) is 41.3 Å². The summed E-state index contributed by atoms with van der Waals surface area (Å²) in [6.45, 7) is 8.52. The van der Waals surface area contributed by atoms with Gasteiger partial charge in [-0.2, -0.15) is 4.31 Å². The molecule has 1 amide bonds. The van der Waals surface area contributed by atoms with Gasteiger partial charge in [-0.15, -0.1) is 0 Å². The Morgan fingerprint density at radius 2 is 1.67 bits per heavy atom. The van der Waals surface area contributed by atoms with Crippen LogP contribution in [-0.4, -0.2) is 50.9 Å². The summed E-state index contributed by atoms with van der Waals surface area (Å²) in [6, 6.07) is 11.8. The zero-order valence-corrected chi connectivity index (χ0v) is 20.6. The Balaban J connectivity index is 1.32. The molecule has 0 spiro atoms. The molecule has 1 atom stereocenters. The molecule has 1 aliphatic carbocycles. The molecule has 2 fully saturated rings. The number of benzene rings is 2. The maximum atomic E-state index is 13.4. The molecule has 2 heterocycles. The molecule has 3 aliphatic rings. The van der Waals surface area contributed by atoms with Crippen molar-refractivity contribution in [1.82, 2.24) is 4.31 Å². The van der Waals surface area contributed by atoms with Gasteiger partial charge in [-0.3, -0.25) is 4.79 Å². The van der Waals surface area contributed by atoms with E-state index in [1.807, 2.05) is 11.0 Å². The van der Waals surface area contributed by atoms with Crippen molar-refractivity contribution in [3.05, 3.63) is 53.1 Å². The summed E-state index contributed by atoms with van der Waals surface area (Å²) in [6.07, 6.45) is 3.77. The van der Waals surface area contributed by atoms with Crippen LogP contribution in [0.5, 0.6) is 0 Å². The Morgan fingerprint density at radius 1 is 0.939 bits per heavy atom. The first kappa shape index (κ1) is 22.4. The van der Waals surface area contributed by atoms with E-state index < -0.39 is 10.0 Å². The fourth-order valence-electron chi connectivity index (χ4n) is 5.33. The topological polar surface area (TPSA) is 60.9 Å². The number of piperazine rings is 1. The Kier molecular flexibility index (Phi) is 5.73. The summed E-state index contributed by atoms with van der Waals surface area (Å²) in [5.74, 6) is 0.334. The van der Waals surface area contributed by atoms with Gasteiger partial charge < -0.3 is 9.80 Å². The van der Waals surface area contributed by atoms with E-state index in [9.17, 15) is 13.2 Å². The number of sulfonamides is 1. The van der Waals surface area contributed by atoms with E-state index in [2.05, 4.69) is 43.9 Å². The Hall–Kier alpha value is -2.38. The zero-order valence-electron chi connectivity index (χ0n) is 19.8. The molecule has 0 aromatic heterocycles. The van der Waals surface area contributed by atoms with Crippen LogP contribution in [0, 0.1) is 19.8 Å². The predicted molar refractivity (Wildman–Crippen MR) is 131 cm³/mol. The number of anilines is 2. The molecule has 0 N–H and O–H groups in total. The molecule has 176 valence electrons. The number of carbonyl (C=O) groups is 1.